The van der Waals surface area contributed by atoms with E-state index < -0.39 is 17.7 Å². The van der Waals surface area contributed by atoms with E-state index in [1.165, 1.54) is 0 Å². The first-order valence-corrected chi connectivity index (χ1v) is 8.56. The second-order valence-electron chi connectivity index (χ2n) is 7.80. The van der Waals surface area contributed by atoms with E-state index in [4.69, 9.17) is 9.47 Å². The van der Waals surface area contributed by atoms with Gasteiger partial charge in [0.1, 0.15) is 11.6 Å². The summed E-state index contributed by atoms with van der Waals surface area (Å²) in [6.45, 7) is 11.4. The third kappa shape index (κ3) is 3.97. The monoisotopic (exact) mass is 326 g/mol. The summed E-state index contributed by atoms with van der Waals surface area (Å²) < 4.78 is 10.9. The van der Waals surface area contributed by atoms with Crippen LogP contribution in [0.3, 0.4) is 0 Å². The van der Waals surface area contributed by atoms with E-state index in [1.54, 1.807) is 4.90 Å². The summed E-state index contributed by atoms with van der Waals surface area (Å²) in [5.74, 6) is -0.0710. The van der Waals surface area contributed by atoms with Crippen LogP contribution in [0.25, 0.3) is 0 Å². The highest BCUT2D eigenvalue weighted by molar-refractivity contribution is 5.89. The van der Waals surface area contributed by atoms with Gasteiger partial charge in [-0.05, 0) is 47.0 Å². The van der Waals surface area contributed by atoms with Crippen molar-refractivity contribution in [2.45, 2.75) is 71.6 Å². The first kappa shape index (κ1) is 18.0. The van der Waals surface area contributed by atoms with Crippen LogP contribution in [0.15, 0.2) is 0 Å². The SMILES string of the molecule is CCC(C)NC(=O)C1N(C(=O)OC(C)(C)C)CC12CCOCC2. The number of hydrogen-bond acceptors (Lipinski definition) is 4. The van der Waals surface area contributed by atoms with Gasteiger partial charge < -0.3 is 14.8 Å². The number of ether oxygens (including phenoxy) is 2. The number of nitrogens with zero attached hydrogens (tertiary/aromatic N) is 1. The van der Waals surface area contributed by atoms with E-state index in [9.17, 15) is 9.59 Å². The molecule has 6 heteroatoms. The Kier molecular flexibility index (Phi) is 5.23. The highest BCUT2D eigenvalue weighted by Gasteiger charge is 2.59. The second-order valence-corrected chi connectivity index (χ2v) is 7.80. The highest BCUT2D eigenvalue weighted by atomic mass is 16.6. The Morgan fingerprint density at radius 2 is 1.96 bits per heavy atom. The van der Waals surface area contributed by atoms with E-state index in [-0.39, 0.29) is 17.4 Å². The van der Waals surface area contributed by atoms with Crippen LogP contribution in [-0.4, -0.2) is 54.3 Å². The summed E-state index contributed by atoms with van der Waals surface area (Å²) in [5, 5.41) is 3.02. The lowest BCUT2D eigenvalue weighted by Gasteiger charge is -2.57. The van der Waals surface area contributed by atoms with Gasteiger partial charge in [-0.3, -0.25) is 9.69 Å². The van der Waals surface area contributed by atoms with Crippen molar-refractivity contribution in [1.29, 1.82) is 0 Å². The summed E-state index contributed by atoms with van der Waals surface area (Å²) in [4.78, 5) is 26.8. The number of hydrogen-bond donors (Lipinski definition) is 1. The molecule has 0 aliphatic carbocycles. The van der Waals surface area contributed by atoms with Crippen molar-refractivity contribution < 1.29 is 19.1 Å². The number of amides is 2. The van der Waals surface area contributed by atoms with Gasteiger partial charge in [0.25, 0.3) is 0 Å². The first-order chi connectivity index (χ1) is 10.7. The summed E-state index contributed by atoms with van der Waals surface area (Å²) in [7, 11) is 0. The standard InChI is InChI=1S/C17H30N2O4/c1-6-12(2)18-14(20)13-17(7-9-22-10-8-17)11-19(13)15(21)23-16(3,4)5/h12-13H,6-11H2,1-5H3,(H,18,20). The normalized spacial score (nSPS) is 24.7. The van der Waals surface area contributed by atoms with Gasteiger partial charge in [0, 0.05) is 31.2 Å². The van der Waals surface area contributed by atoms with Crippen molar-refractivity contribution in [2.75, 3.05) is 19.8 Å². The van der Waals surface area contributed by atoms with Crippen molar-refractivity contribution in [3.05, 3.63) is 0 Å². The van der Waals surface area contributed by atoms with Gasteiger partial charge in [-0.2, -0.15) is 0 Å². The van der Waals surface area contributed by atoms with Crippen molar-refractivity contribution in [3.8, 4) is 0 Å². The average Bonchev–Trinajstić information content (AvgIpc) is 2.43. The molecule has 6 nitrogen and oxygen atoms in total. The van der Waals surface area contributed by atoms with Crippen molar-refractivity contribution in [1.82, 2.24) is 10.2 Å². The minimum atomic E-state index is -0.562. The second kappa shape index (κ2) is 6.67. The van der Waals surface area contributed by atoms with E-state index in [0.29, 0.717) is 19.8 Å². The van der Waals surface area contributed by atoms with Crippen molar-refractivity contribution in [2.24, 2.45) is 5.41 Å². The molecule has 2 saturated heterocycles. The maximum atomic E-state index is 12.7. The third-order valence-corrected chi connectivity index (χ3v) is 4.74. The molecule has 1 spiro atoms. The molecular formula is C17H30N2O4. The maximum absolute atomic E-state index is 12.7. The zero-order valence-electron chi connectivity index (χ0n) is 15.0. The lowest BCUT2D eigenvalue weighted by molar-refractivity contribution is -0.159. The van der Waals surface area contributed by atoms with Gasteiger partial charge in [-0.1, -0.05) is 6.92 Å². The molecule has 2 unspecified atom stereocenters. The molecular weight excluding hydrogens is 296 g/mol. The van der Waals surface area contributed by atoms with Crippen LogP contribution in [0.2, 0.25) is 0 Å². The van der Waals surface area contributed by atoms with Crippen LogP contribution >= 0.6 is 0 Å². The zero-order chi connectivity index (χ0) is 17.3. The van der Waals surface area contributed by atoms with Gasteiger partial charge in [0.05, 0.1) is 0 Å². The van der Waals surface area contributed by atoms with Crippen LogP contribution < -0.4 is 5.32 Å². The molecule has 2 amide bonds. The van der Waals surface area contributed by atoms with Gasteiger partial charge in [-0.15, -0.1) is 0 Å². The van der Waals surface area contributed by atoms with Crippen LogP contribution in [-0.2, 0) is 14.3 Å². The van der Waals surface area contributed by atoms with E-state index in [0.717, 1.165) is 19.3 Å². The molecule has 0 aromatic heterocycles. The molecule has 0 bridgehead atoms. The Bertz CT molecular complexity index is 452. The lowest BCUT2D eigenvalue weighted by atomic mass is 9.66. The number of carbonyl (C=O) groups excluding carboxylic acids is 2. The molecule has 2 rings (SSSR count). The van der Waals surface area contributed by atoms with Crippen molar-refractivity contribution in [3.63, 3.8) is 0 Å². The molecule has 23 heavy (non-hydrogen) atoms. The van der Waals surface area contributed by atoms with Crippen LogP contribution in [0, 0.1) is 5.41 Å². The highest BCUT2D eigenvalue weighted by Crippen LogP contribution is 2.46. The molecule has 2 atom stereocenters. The Morgan fingerprint density at radius 3 is 2.48 bits per heavy atom. The summed E-state index contributed by atoms with van der Waals surface area (Å²) >= 11 is 0. The Balaban J connectivity index is 2.13. The van der Waals surface area contributed by atoms with Gasteiger partial charge in [0.15, 0.2) is 0 Å². The van der Waals surface area contributed by atoms with Crippen LogP contribution in [0.5, 0.6) is 0 Å². The van der Waals surface area contributed by atoms with E-state index in [1.807, 2.05) is 34.6 Å². The fraction of sp³-hybridized carbons (Fsp3) is 0.882. The molecule has 2 fully saturated rings. The van der Waals surface area contributed by atoms with Gasteiger partial charge >= 0.3 is 6.09 Å². The van der Waals surface area contributed by atoms with Gasteiger partial charge in [-0.25, -0.2) is 4.79 Å². The number of likely N-dealkylation sites (tertiary alicyclic amines) is 1. The minimum absolute atomic E-state index is 0.0710. The number of rotatable bonds is 3. The molecule has 2 aliphatic heterocycles. The fourth-order valence-corrected chi connectivity index (χ4v) is 3.28. The average molecular weight is 326 g/mol. The predicted molar refractivity (Wildman–Crippen MR) is 87.1 cm³/mol. The molecule has 0 radical (unpaired) electrons. The molecule has 0 aromatic carbocycles. The number of nitrogens with one attached hydrogen (secondary N) is 1. The lowest BCUT2D eigenvalue weighted by Crippen LogP contribution is -2.73. The van der Waals surface area contributed by atoms with E-state index in [2.05, 4.69) is 5.32 Å². The van der Waals surface area contributed by atoms with Crippen molar-refractivity contribution >= 4 is 12.0 Å². The Labute approximate surface area is 138 Å². The molecule has 2 heterocycles. The maximum Gasteiger partial charge on any atom is 0.411 e. The largest absolute Gasteiger partial charge is 0.444 e. The fourth-order valence-electron chi connectivity index (χ4n) is 3.28. The smallest absolute Gasteiger partial charge is 0.411 e. The Hall–Kier alpha value is -1.30. The molecule has 1 N–H and O–H groups in total. The summed E-state index contributed by atoms with van der Waals surface area (Å²) in [6.07, 6.45) is 2.08. The quantitative estimate of drug-likeness (QED) is 0.864. The molecule has 2 aliphatic rings. The number of carbonyl (C=O) groups is 2. The topological polar surface area (TPSA) is 67.9 Å². The minimum Gasteiger partial charge on any atom is -0.444 e. The summed E-state index contributed by atoms with van der Waals surface area (Å²) in [6, 6.07) is -0.351. The van der Waals surface area contributed by atoms with E-state index >= 15 is 0 Å². The molecule has 132 valence electrons. The van der Waals surface area contributed by atoms with Gasteiger partial charge in [0.2, 0.25) is 5.91 Å². The van der Waals surface area contributed by atoms with Crippen LogP contribution in [0.4, 0.5) is 4.79 Å². The molecule has 0 aromatic rings. The zero-order valence-corrected chi connectivity index (χ0v) is 15.0. The molecule has 0 saturated carbocycles. The Morgan fingerprint density at radius 1 is 1.35 bits per heavy atom. The first-order valence-electron chi connectivity index (χ1n) is 8.56. The van der Waals surface area contributed by atoms with Crippen LogP contribution in [0.1, 0.15) is 53.9 Å². The third-order valence-electron chi connectivity index (χ3n) is 4.74. The predicted octanol–water partition coefficient (Wildman–Crippen LogP) is 2.32. The summed E-state index contributed by atoms with van der Waals surface area (Å²) in [5.41, 5.74) is -0.722.